The van der Waals surface area contributed by atoms with Crippen LogP contribution in [0.2, 0.25) is 0 Å². The maximum Gasteiger partial charge on any atom is 0.409 e. The molecule has 1 aromatic heterocycles. The first-order chi connectivity index (χ1) is 15.1. The molecular weight excluding hydrogens is 392 g/mol. The number of carbonyl (C=O) groups is 2. The number of carboxylic acid groups (broad SMARTS) is 1. The van der Waals surface area contributed by atoms with Gasteiger partial charge in [0.2, 0.25) is 0 Å². The summed E-state index contributed by atoms with van der Waals surface area (Å²) in [5, 5.41) is 20.5. The molecule has 4 aromatic rings. The Morgan fingerprint density at radius 2 is 1.74 bits per heavy atom. The molecule has 0 aliphatic carbocycles. The van der Waals surface area contributed by atoms with Crippen LogP contribution in [-0.2, 0) is 6.54 Å². The van der Waals surface area contributed by atoms with E-state index in [0.717, 1.165) is 28.5 Å². The van der Waals surface area contributed by atoms with Crippen molar-refractivity contribution in [3.63, 3.8) is 0 Å². The molecule has 0 atom stereocenters. The molecule has 3 aromatic carbocycles. The van der Waals surface area contributed by atoms with E-state index in [-0.39, 0.29) is 0 Å². The molecule has 7 nitrogen and oxygen atoms in total. The van der Waals surface area contributed by atoms with E-state index in [2.05, 4.69) is 15.5 Å². The lowest BCUT2D eigenvalue weighted by atomic mass is 10.0. The number of rotatable bonds is 7. The fourth-order valence-electron chi connectivity index (χ4n) is 3.31. The first-order valence-electron chi connectivity index (χ1n) is 9.78. The summed E-state index contributed by atoms with van der Waals surface area (Å²) in [7, 11) is 0. The number of anilines is 1. The summed E-state index contributed by atoms with van der Waals surface area (Å²) in [6, 6.07) is 20.5. The molecule has 154 valence electrons. The Balaban J connectivity index is 1.47. The van der Waals surface area contributed by atoms with Gasteiger partial charge in [-0.15, -0.1) is 0 Å². The van der Waals surface area contributed by atoms with Crippen molar-refractivity contribution in [2.45, 2.75) is 13.0 Å². The monoisotopic (exact) mass is 412 g/mol. The minimum absolute atomic E-state index is 0.534. The minimum Gasteiger partial charge on any atom is -0.465 e. The van der Waals surface area contributed by atoms with Crippen LogP contribution >= 0.6 is 0 Å². The maximum atomic E-state index is 11.2. The Bertz CT molecular complexity index is 1260. The zero-order valence-electron chi connectivity index (χ0n) is 16.6. The van der Waals surface area contributed by atoms with E-state index in [1.54, 1.807) is 23.0 Å². The molecule has 0 bridgehead atoms. The quantitative estimate of drug-likeness (QED) is 0.411. The van der Waals surface area contributed by atoms with Gasteiger partial charge in [-0.1, -0.05) is 54.6 Å². The number of allylic oxidation sites excluding steroid dienone is 1. The van der Waals surface area contributed by atoms with Crippen LogP contribution in [0.15, 0.2) is 72.8 Å². The number of hydrogen-bond donors (Lipinski definition) is 2. The summed E-state index contributed by atoms with van der Waals surface area (Å²) >= 11 is 0. The van der Waals surface area contributed by atoms with E-state index in [1.807, 2.05) is 60.7 Å². The summed E-state index contributed by atoms with van der Waals surface area (Å²) in [6.45, 7) is 0.587. The minimum atomic E-state index is -1.10. The van der Waals surface area contributed by atoms with Crippen molar-refractivity contribution < 1.29 is 14.7 Å². The lowest BCUT2D eigenvalue weighted by molar-refractivity contribution is 0.112. The van der Waals surface area contributed by atoms with Gasteiger partial charge in [0.1, 0.15) is 17.3 Å². The van der Waals surface area contributed by atoms with Crippen LogP contribution in [0.5, 0.6) is 0 Å². The number of carbonyl (C=O) groups excluding carboxylic acids is 1. The first kappa shape index (κ1) is 20.0. The Labute approximate surface area is 178 Å². The highest BCUT2D eigenvalue weighted by Crippen LogP contribution is 2.29. The normalized spacial score (nSPS) is 11.1. The lowest BCUT2D eigenvalue weighted by Gasteiger charge is -2.10. The van der Waals surface area contributed by atoms with Crippen molar-refractivity contribution in [1.29, 1.82) is 0 Å². The van der Waals surface area contributed by atoms with Gasteiger partial charge in [0.15, 0.2) is 0 Å². The number of benzene rings is 3. The molecule has 0 aliphatic heterocycles. The Hall–Kier alpha value is -4.26. The molecule has 0 aliphatic rings. The third kappa shape index (κ3) is 4.84. The average Bonchev–Trinajstić information content (AvgIpc) is 3.19. The van der Waals surface area contributed by atoms with E-state index in [9.17, 15) is 14.7 Å². The van der Waals surface area contributed by atoms with Crippen molar-refractivity contribution in [3.05, 3.63) is 83.9 Å². The van der Waals surface area contributed by atoms with Gasteiger partial charge >= 0.3 is 6.09 Å². The van der Waals surface area contributed by atoms with E-state index in [0.29, 0.717) is 29.7 Å². The van der Waals surface area contributed by atoms with Crippen LogP contribution < -0.4 is 5.32 Å². The van der Waals surface area contributed by atoms with E-state index in [1.165, 1.54) is 0 Å². The fraction of sp³-hybridized carbons (Fsp3) is 0.0833. The highest BCUT2D eigenvalue weighted by atomic mass is 16.4. The predicted molar refractivity (Wildman–Crippen MR) is 120 cm³/mol. The number of amides is 1. The number of aldehydes is 1. The zero-order chi connectivity index (χ0) is 21.6. The molecule has 4 rings (SSSR count). The molecule has 0 fully saturated rings. The van der Waals surface area contributed by atoms with Crippen molar-refractivity contribution in [1.82, 2.24) is 15.0 Å². The second-order valence-electron chi connectivity index (χ2n) is 6.95. The molecule has 1 heterocycles. The predicted octanol–water partition coefficient (Wildman–Crippen LogP) is 5.10. The standard InChI is InChI=1S/C24H20N4O3/c29-16-18-10-12-21-23(15-18)27-28(26-21)13-5-4-6-17-9-11-20(19-7-2-1-3-8-19)22(14-17)25-24(30)31/h1-4,6-12,14-16,25H,5,13H2,(H,30,31)/b6-4+. The van der Waals surface area contributed by atoms with Crippen molar-refractivity contribution in [3.8, 4) is 11.1 Å². The zero-order valence-corrected chi connectivity index (χ0v) is 16.6. The molecule has 0 saturated carbocycles. The Morgan fingerprint density at radius 1 is 0.968 bits per heavy atom. The molecule has 31 heavy (non-hydrogen) atoms. The number of aromatic nitrogens is 3. The second kappa shape index (κ2) is 9.04. The lowest BCUT2D eigenvalue weighted by Crippen LogP contribution is -2.08. The Kier molecular flexibility index (Phi) is 5.84. The van der Waals surface area contributed by atoms with E-state index in [4.69, 9.17) is 0 Å². The van der Waals surface area contributed by atoms with Crippen molar-refractivity contribution >= 4 is 35.2 Å². The summed E-state index contributed by atoms with van der Waals surface area (Å²) in [4.78, 5) is 23.7. The van der Waals surface area contributed by atoms with Crippen LogP contribution in [0.25, 0.3) is 28.2 Å². The summed E-state index contributed by atoms with van der Waals surface area (Å²) in [6.07, 6.45) is 4.32. The van der Waals surface area contributed by atoms with Gasteiger partial charge in [0.25, 0.3) is 0 Å². The molecule has 0 radical (unpaired) electrons. The number of hydrogen-bond acceptors (Lipinski definition) is 4. The molecule has 0 spiro atoms. The average molecular weight is 412 g/mol. The molecule has 1 amide bonds. The summed E-state index contributed by atoms with van der Waals surface area (Å²) < 4.78 is 0. The summed E-state index contributed by atoms with van der Waals surface area (Å²) in [5.74, 6) is 0. The van der Waals surface area contributed by atoms with Crippen LogP contribution in [-0.4, -0.2) is 32.5 Å². The van der Waals surface area contributed by atoms with Crippen LogP contribution in [0.3, 0.4) is 0 Å². The van der Waals surface area contributed by atoms with Crippen LogP contribution in [0, 0.1) is 0 Å². The fourth-order valence-corrected chi connectivity index (χ4v) is 3.31. The van der Waals surface area contributed by atoms with Gasteiger partial charge < -0.3 is 5.11 Å². The van der Waals surface area contributed by atoms with Gasteiger partial charge in [-0.2, -0.15) is 15.0 Å². The van der Waals surface area contributed by atoms with Crippen LogP contribution in [0.4, 0.5) is 10.5 Å². The summed E-state index contributed by atoms with van der Waals surface area (Å²) in [5.41, 5.74) is 5.19. The maximum absolute atomic E-state index is 11.2. The van der Waals surface area contributed by atoms with Gasteiger partial charge in [0, 0.05) is 11.1 Å². The van der Waals surface area contributed by atoms with Gasteiger partial charge in [0.05, 0.1) is 12.2 Å². The van der Waals surface area contributed by atoms with E-state index < -0.39 is 6.09 Å². The van der Waals surface area contributed by atoms with Crippen molar-refractivity contribution in [2.75, 3.05) is 5.32 Å². The number of nitrogens with zero attached hydrogens (tertiary/aromatic N) is 3. The molecule has 0 saturated heterocycles. The third-order valence-electron chi connectivity index (χ3n) is 4.76. The topological polar surface area (TPSA) is 97.1 Å². The van der Waals surface area contributed by atoms with Gasteiger partial charge in [-0.05, 0) is 41.8 Å². The van der Waals surface area contributed by atoms with Crippen LogP contribution in [0.1, 0.15) is 22.3 Å². The van der Waals surface area contributed by atoms with E-state index >= 15 is 0 Å². The third-order valence-corrected chi connectivity index (χ3v) is 4.76. The highest BCUT2D eigenvalue weighted by Gasteiger charge is 2.08. The number of nitrogens with one attached hydrogen (secondary N) is 1. The van der Waals surface area contributed by atoms with Gasteiger partial charge in [-0.3, -0.25) is 10.1 Å². The number of fused-ring (bicyclic) bond motifs is 1. The molecular formula is C24H20N4O3. The van der Waals surface area contributed by atoms with Gasteiger partial charge in [-0.25, -0.2) is 4.79 Å². The molecule has 0 unspecified atom stereocenters. The smallest absolute Gasteiger partial charge is 0.409 e. The first-order valence-corrected chi connectivity index (χ1v) is 9.78. The largest absolute Gasteiger partial charge is 0.465 e. The highest BCUT2D eigenvalue weighted by molar-refractivity contribution is 5.91. The Morgan fingerprint density at radius 3 is 2.52 bits per heavy atom. The SMILES string of the molecule is O=Cc1ccc2nn(CC/C=C/c3ccc(-c4ccccc4)c(NC(=O)O)c3)nc2c1. The molecule has 7 heteroatoms. The second-order valence-corrected chi connectivity index (χ2v) is 6.95. The number of aryl methyl sites for hydroxylation is 1. The van der Waals surface area contributed by atoms with Crippen molar-refractivity contribution in [2.24, 2.45) is 0 Å². The molecule has 2 N–H and O–H groups in total.